The Morgan fingerprint density at radius 1 is 1.15 bits per heavy atom. The van der Waals surface area contributed by atoms with Crippen LogP contribution in [0, 0.1) is 18.8 Å². The molecular weight excluding hydrogens is 462 g/mol. The average Bonchev–Trinajstić information content (AvgIpc) is 2.86. The van der Waals surface area contributed by atoms with Gasteiger partial charge < -0.3 is 0 Å². The summed E-state index contributed by atoms with van der Waals surface area (Å²) in [6.45, 7) is 7.65. The molecule has 172 valence electrons. The number of aryl methyl sites for hydroxylation is 1. The van der Waals surface area contributed by atoms with Crippen LogP contribution in [-0.2, 0) is 4.79 Å². The Morgan fingerprint density at radius 2 is 1.91 bits per heavy atom. The quantitative estimate of drug-likeness (QED) is 0.153. The molecule has 3 rings (SSSR count). The second-order valence-electron chi connectivity index (χ2n) is 7.75. The van der Waals surface area contributed by atoms with Crippen LogP contribution >= 0.6 is 23.8 Å². The molecule has 4 nitrogen and oxygen atoms in total. The number of halogens is 1. The summed E-state index contributed by atoms with van der Waals surface area (Å²) >= 11 is 11.7. The standard InChI is InChI=1S/C28H26ClN3OS/c1-5-18(3)26(24(29)6-2)27(33)31-32-28(34)23-13-11-19(4)21(16-23)14-12-20-15-22-9-7-8-10-25(22)30-17-20/h6-11,13,15-17H,5H2,1-4H3,(H,31,33)(H,32,34)/b24-6+,26-18+. The van der Waals surface area contributed by atoms with E-state index in [0.717, 1.165) is 38.7 Å². The molecule has 0 radical (unpaired) electrons. The molecule has 0 spiro atoms. The topological polar surface area (TPSA) is 54.0 Å². The Hall–Kier alpha value is -3.46. The van der Waals surface area contributed by atoms with E-state index in [1.165, 1.54) is 0 Å². The lowest BCUT2D eigenvalue weighted by molar-refractivity contribution is -0.117. The molecule has 1 aromatic heterocycles. The summed E-state index contributed by atoms with van der Waals surface area (Å²) < 4.78 is 0. The Balaban J connectivity index is 1.77. The zero-order valence-corrected chi connectivity index (χ0v) is 21.2. The number of allylic oxidation sites excluding steroid dienone is 2. The van der Waals surface area contributed by atoms with E-state index in [0.29, 0.717) is 22.0 Å². The molecule has 0 bridgehead atoms. The molecule has 34 heavy (non-hydrogen) atoms. The first-order valence-electron chi connectivity index (χ1n) is 10.9. The number of hydrogen-bond donors (Lipinski definition) is 2. The van der Waals surface area contributed by atoms with E-state index in [-0.39, 0.29) is 5.91 Å². The third kappa shape index (κ3) is 6.11. The fraction of sp³-hybridized carbons (Fsp3) is 0.179. The van der Waals surface area contributed by atoms with Crippen LogP contribution in [0.25, 0.3) is 10.9 Å². The van der Waals surface area contributed by atoms with Crippen molar-refractivity contribution >= 4 is 45.6 Å². The number of para-hydroxylation sites is 1. The first-order chi connectivity index (χ1) is 16.3. The number of carbonyl (C=O) groups is 1. The van der Waals surface area contributed by atoms with Gasteiger partial charge in [-0.05, 0) is 51.0 Å². The number of rotatable bonds is 4. The van der Waals surface area contributed by atoms with Crippen molar-refractivity contribution in [2.75, 3.05) is 0 Å². The number of pyridine rings is 1. The van der Waals surface area contributed by atoms with Crippen LogP contribution < -0.4 is 10.9 Å². The van der Waals surface area contributed by atoms with Crippen molar-refractivity contribution in [1.29, 1.82) is 0 Å². The SMILES string of the molecule is C/C=C(Cl)\C(C(=O)NNC(=S)c1ccc(C)c(C#Cc2cnc3ccccc3c2)c1)=C(\C)CC. The van der Waals surface area contributed by atoms with Crippen molar-refractivity contribution in [3.63, 3.8) is 0 Å². The van der Waals surface area contributed by atoms with Gasteiger partial charge in [0.25, 0.3) is 5.91 Å². The Kier molecular flexibility index (Phi) is 8.59. The Bertz CT molecular complexity index is 1380. The van der Waals surface area contributed by atoms with Crippen molar-refractivity contribution in [3.8, 4) is 11.8 Å². The minimum atomic E-state index is -0.333. The van der Waals surface area contributed by atoms with E-state index in [9.17, 15) is 4.79 Å². The predicted octanol–water partition coefficient (Wildman–Crippen LogP) is 6.11. The van der Waals surface area contributed by atoms with Crippen LogP contribution in [0.4, 0.5) is 0 Å². The molecule has 2 aromatic carbocycles. The van der Waals surface area contributed by atoms with Gasteiger partial charge in [0, 0.05) is 33.3 Å². The normalized spacial score (nSPS) is 11.9. The number of hydrogen-bond acceptors (Lipinski definition) is 3. The molecule has 0 fully saturated rings. The van der Waals surface area contributed by atoms with Gasteiger partial charge in [0.05, 0.1) is 11.1 Å². The van der Waals surface area contributed by atoms with Crippen LogP contribution in [0.15, 0.2) is 77.0 Å². The van der Waals surface area contributed by atoms with E-state index < -0.39 is 0 Å². The summed E-state index contributed by atoms with van der Waals surface area (Å²) in [6, 6.07) is 15.7. The maximum Gasteiger partial charge on any atom is 0.271 e. The van der Waals surface area contributed by atoms with Crippen molar-refractivity contribution in [2.24, 2.45) is 0 Å². The summed E-state index contributed by atoms with van der Waals surface area (Å²) in [4.78, 5) is 17.6. The monoisotopic (exact) mass is 487 g/mol. The van der Waals surface area contributed by atoms with E-state index in [4.69, 9.17) is 23.8 Å². The van der Waals surface area contributed by atoms with E-state index >= 15 is 0 Å². The molecule has 3 aromatic rings. The molecule has 6 heteroatoms. The van der Waals surface area contributed by atoms with Crippen molar-refractivity contribution in [2.45, 2.75) is 34.1 Å². The van der Waals surface area contributed by atoms with Gasteiger partial charge in [-0.2, -0.15) is 0 Å². The summed E-state index contributed by atoms with van der Waals surface area (Å²) in [7, 11) is 0. The van der Waals surface area contributed by atoms with Crippen LogP contribution in [0.1, 0.15) is 49.4 Å². The molecule has 0 unspecified atom stereocenters. The molecule has 1 heterocycles. The first-order valence-corrected chi connectivity index (χ1v) is 11.7. The molecule has 2 N–H and O–H groups in total. The second-order valence-corrected chi connectivity index (χ2v) is 8.57. The number of thiocarbonyl (C=S) groups is 1. The largest absolute Gasteiger partial charge is 0.287 e. The fourth-order valence-corrected chi connectivity index (χ4v) is 3.68. The third-order valence-corrected chi connectivity index (χ3v) is 6.14. The number of aromatic nitrogens is 1. The molecule has 0 aliphatic rings. The van der Waals surface area contributed by atoms with Crippen LogP contribution in [-0.4, -0.2) is 15.9 Å². The highest BCUT2D eigenvalue weighted by molar-refractivity contribution is 7.80. The van der Waals surface area contributed by atoms with Gasteiger partial charge >= 0.3 is 0 Å². The van der Waals surface area contributed by atoms with Crippen LogP contribution in [0.2, 0.25) is 0 Å². The Labute approximate surface area is 211 Å². The van der Waals surface area contributed by atoms with Crippen LogP contribution in [0.5, 0.6) is 0 Å². The number of carbonyl (C=O) groups excluding carboxylic acids is 1. The number of nitrogens with one attached hydrogen (secondary N) is 2. The number of hydrazine groups is 1. The van der Waals surface area contributed by atoms with Gasteiger partial charge in [0.1, 0.15) is 4.99 Å². The van der Waals surface area contributed by atoms with Crippen molar-refractivity contribution in [1.82, 2.24) is 15.8 Å². The van der Waals surface area contributed by atoms with Gasteiger partial charge in [0.15, 0.2) is 0 Å². The molecule has 0 saturated heterocycles. The van der Waals surface area contributed by atoms with Gasteiger partial charge in [0.2, 0.25) is 0 Å². The minimum absolute atomic E-state index is 0.333. The molecular formula is C28H26ClN3OS. The molecule has 0 atom stereocenters. The van der Waals surface area contributed by atoms with Gasteiger partial charge in [-0.3, -0.25) is 20.6 Å². The average molecular weight is 488 g/mol. The summed E-state index contributed by atoms with van der Waals surface area (Å²) in [5.74, 6) is 6.08. The zero-order valence-electron chi connectivity index (χ0n) is 19.6. The molecule has 0 saturated carbocycles. The maximum absolute atomic E-state index is 12.7. The van der Waals surface area contributed by atoms with Gasteiger partial charge in [-0.1, -0.05) is 84.6 Å². The number of nitrogens with zero attached hydrogens (tertiary/aromatic N) is 1. The predicted molar refractivity (Wildman–Crippen MR) is 144 cm³/mol. The van der Waals surface area contributed by atoms with E-state index in [2.05, 4.69) is 27.7 Å². The number of amides is 1. The highest BCUT2D eigenvalue weighted by Crippen LogP contribution is 2.21. The fourth-order valence-electron chi connectivity index (χ4n) is 3.25. The highest BCUT2D eigenvalue weighted by Gasteiger charge is 2.16. The van der Waals surface area contributed by atoms with E-state index in [1.54, 1.807) is 19.2 Å². The minimum Gasteiger partial charge on any atom is -0.287 e. The first kappa shape index (κ1) is 25.2. The summed E-state index contributed by atoms with van der Waals surface area (Å²) in [6.07, 6.45) is 4.18. The second kappa shape index (κ2) is 11.6. The molecule has 0 aliphatic heterocycles. The maximum atomic E-state index is 12.7. The van der Waals surface area contributed by atoms with Crippen molar-refractivity contribution < 1.29 is 4.79 Å². The van der Waals surface area contributed by atoms with Crippen LogP contribution in [0.3, 0.4) is 0 Å². The number of benzene rings is 2. The van der Waals surface area contributed by atoms with E-state index in [1.807, 2.05) is 69.3 Å². The van der Waals surface area contributed by atoms with Crippen molar-refractivity contribution in [3.05, 3.63) is 99.2 Å². The smallest absolute Gasteiger partial charge is 0.271 e. The number of fused-ring (bicyclic) bond motifs is 1. The summed E-state index contributed by atoms with van der Waals surface area (Å²) in [5, 5.41) is 1.45. The lowest BCUT2D eigenvalue weighted by Gasteiger charge is -2.14. The van der Waals surface area contributed by atoms with Gasteiger partial charge in [-0.25, -0.2) is 0 Å². The summed E-state index contributed by atoms with van der Waals surface area (Å²) in [5.41, 5.74) is 11.2. The lowest BCUT2D eigenvalue weighted by atomic mass is 10.0. The highest BCUT2D eigenvalue weighted by atomic mass is 35.5. The molecule has 1 amide bonds. The molecule has 0 aliphatic carbocycles. The van der Waals surface area contributed by atoms with Gasteiger partial charge in [-0.15, -0.1) is 0 Å². The zero-order chi connectivity index (χ0) is 24.7. The Morgan fingerprint density at radius 3 is 2.65 bits per heavy atom. The third-order valence-electron chi connectivity index (χ3n) is 5.40. The lowest BCUT2D eigenvalue weighted by Crippen LogP contribution is -2.42.